The second-order valence-corrected chi connectivity index (χ2v) is 7.99. The Bertz CT molecular complexity index is 548. The van der Waals surface area contributed by atoms with E-state index >= 15 is 0 Å². The van der Waals surface area contributed by atoms with Crippen LogP contribution in [0.15, 0.2) is 30.3 Å². The fourth-order valence-electron chi connectivity index (χ4n) is 4.39. The van der Waals surface area contributed by atoms with Crippen LogP contribution in [0, 0.1) is 0 Å². The van der Waals surface area contributed by atoms with E-state index in [9.17, 15) is 4.79 Å². The van der Waals surface area contributed by atoms with Gasteiger partial charge in [0.05, 0.1) is 6.04 Å². The van der Waals surface area contributed by atoms with Gasteiger partial charge in [-0.25, -0.2) is 0 Å². The minimum absolute atomic E-state index is 0.0531. The third-order valence-corrected chi connectivity index (χ3v) is 6.01. The highest BCUT2D eigenvalue weighted by Crippen LogP contribution is 2.20. The molecule has 4 nitrogen and oxygen atoms in total. The minimum Gasteiger partial charge on any atom is -0.355 e. The van der Waals surface area contributed by atoms with E-state index in [1.807, 2.05) is 6.07 Å². The highest BCUT2D eigenvalue weighted by molar-refractivity contribution is 5.82. The van der Waals surface area contributed by atoms with Gasteiger partial charge in [-0.3, -0.25) is 9.69 Å². The summed E-state index contributed by atoms with van der Waals surface area (Å²) in [6, 6.07) is 11.3. The Morgan fingerprint density at radius 1 is 1.04 bits per heavy atom. The van der Waals surface area contributed by atoms with Gasteiger partial charge in [-0.1, -0.05) is 36.8 Å². The van der Waals surface area contributed by atoms with E-state index in [-0.39, 0.29) is 11.9 Å². The Kier molecular flexibility index (Phi) is 7.51. The molecule has 0 saturated carbocycles. The standard InChI is InChI=1S/C22H35N3O/c1-19-10-5-7-15-24(19)16-8-6-14-23-22(26)21-13-9-17-25(21)18-20-11-3-2-4-12-20/h2-4,11-12,19,21H,5-10,13-18H2,1H3,(H,23,26). The number of rotatable bonds is 8. The molecule has 2 aliphatic rings. The van der Waals surface area contributed by atoms with Crippen LogP contribution in [-0.4, -0.2) is 54.0 Å². The normalized spacial score (nSPS) is 24.7. The van der Waals surface area contributed by atoms with Gasteiger partial charge in [0.15, 0.2) is 0 Å². The zero-order valence-electron chi connectivity index (χ0n) is 16.3. The fraction of sp³-hybridized carbons (Fsp3) is 0.682. The molecule has 4 heteroatoms. The molecule has 0 radical (unpaired) electrons. The van der Waals surface area contributed by atoms with Crippen LogP contribution in [-0.2, 0) is 11.3 Å². The summed E-state index contributed by atoms with van der Waals surface area (Å²) in [5, 5.41) is 3.19. The van der Waals surface area contributed by atoms with Gasteiger partial charge in [0.1, 0.15) is 0 Å². The van der Waals surface area contributed by atoms with Crippen molar-refractivity contribution in [2.24, 2.45) is 0 Å². The van der Waals surface area contributed by atoms with Crippen molar-refractivity contribution >= 4 is 5.91 Å². The first-order valence-electron chi connectivity index (χ1n) is 10.5. The Morgan fingerprint density at radius 2 is 1.85 bits per heavy atom. The van der Waals surface area contributed by atoms with Crippen LogP contribution in [0.3, 0.4) is 0 Å². The van der Waals surface area contributed by atoms with Gasteiger partial charge in [0.25, 0.3) is 0 Å². The van der Waals surface area contributed by atoms with Crippen molar-refractivity contribution in [3.8, 4) is 0 Å². The first kappa shape index (κ1) is 19.4. The quantitative estimate of drug-likeness (QED) is 0.724. The summed E-state index contributed by atoms with van der Waals surface area (Å²) >= 11 is 0. The van der Waals surface area contributed by atoms with E-state index in [1.165, 1.54) is 44.3 Å². The lowest BCUT2D eigenvalue weighted by atomic mass is 10.0. The molecule has 2 unspecified atom stereocenters. The first-order chi connectivity index (χ1) is 12.7. The van der Waals surface area contributed by atoms with Gasteiger partial charge < -0.3 is 10.2 Å². The number of unbranched alkanes of at least 4 members (excludes halogenated alkanes) is 1. The monoisotopic (exact) mass is 357 g/mol. The average molecular weight is 358 g/mol. The summed E-state index contributed by atoms with van der Waals surface area (Å²) in [4.78, 5) is 17.5. The van der Waals surface area contributed by atoms with Crippen molar-refractivity contribution in [2.75, 3.05) is 26.2 Å². The average Bonchev–Trinajstić information content (AvgIpc) is 3.12. The number of hydrogen-bond donors (Lipinski definition) is 1. The predicted molar refractivity (Wildman–Crippen MR) is 107 cm³/mol. The van der Waals surface area contributed by atoms with Gasteiger partial charge in [0, 0.05) is 19.1 Å². The molecule has 0 aromatic heterocycles. The molecule has 0 aliphatic carbocycles. The van der Waals surface area contributed by atoms with Crippen LogP contribution >= 0.6 is 0 Å². The molecule has 1 N–H and O–H groups in total. The highest BCUT2D eigenvalue weighted by atomic mass is 16.2. The summed E-state index contributed by atoms with van der Waals surface area (Å²) in [6.45, 7) is 7.51. The molecule has 26 heavy (non-hydrogen) atoms. The molecule has 1 aromatic carbocycles. The van der Waals surface area contributed by atoms with E-state index in [0.29, 0.717) is 0 Å². The molecular formula is C22H35N3O. The van der Waals surface area contributed by atoms with Crippen molar-refractivity contribution < 1.29 is 4.79 Å². The van der Waals surface area contributed by atoms with Gasteiger partial charge in [-0.2, -0.15) is 0 Å². The molecule has 2 aliphatic heterocycles. The maximum absolute atomic E-state index is 12.6. The second-order valence-electron chi connectivity index (χ2n) is 7.99. The van der Waals surface area contributed by atoms with Crippen LogP contribution in [0.4, 0.5) is 0 Å². The minimum atomic E-state index is 0.0531. The maximum Gasteiger partial charge on any atom is 0.237 e. The van der Waals surface area contributed by atoms with E-state index in [4.69, 9.17) is 0 Å². The van der Waals surface area contributed by atoms with Crippen LogP contribution in [0.25, 0.3) is 0 Å². The zero-order valence-corrected chi connectivity index (χ0v) is 16.3. The fourth-order valence-corrected chi connectivity index (χ4v) is 4.39. The van der Waals surface area contributed by atoms with Gasteiger partial charge >= 0.3 is 0 Å². The van der Waals surface area contributed by atoms with Crippen molar-refractivity contribution in [3.63, 3.8) is 0 Å². The van der Waals surface area contributed by atoms with Gasteiger partial charge in [-0.05, 0) is 70.6 Å². The Labute approximate surface area is 158 Å². The molecular weight excluding hydrogens is 322 g/mol. The summed E-state index contributed by atoms with van der Waals surface area (Å²) in [6.07, 6.45) is 8.45. The van der Waals surface area contributed by atoms with Crippen molar-refractivity contribution in [2.45, 2.75) is 70.5 Å². The number of likely N-dealkylation sites (tertiary alicyclic amines) is 2. The van der Waals surface area contributed by atoms with Crippen molar-refractivity contribution in [3.05, 3.63) is 35.9 Å². The van der Waals surface area contributed by atoms with Crippen LogP contribution in [0.1, 0.15) is 57.4 Å². The molecule has 2 heterocycles. The topological polar surface area (TPSA) is 35.6 Å². The van der Waals surface area contributed by atoms with Crippen LogP contribution in [0.2, 0.25) is 0 Å². The molecule has 0 bridgehead atoms. The molecule has 2 fully saturated rings. The molecule has 1 amide bonds. The van der Waals surface area contributed by atoms with Gasteiger partial charge in [0.2, 0.25) is 5.91 Å². The van der Waals surface area contributed by atoms with E-state index in [0.717, 1.165) is 44.9 Å². The second kappa shape index (κ2) is 10.1. The van der Waals surface area contributed by atoms with Crippen LogP contribution in [0.5, 0.6) is 0 Å². The number of benzene rings is 1. The third-order valence-electron chi connectivity index (χ3n) is 6.01. The zero-order chi connectivity index (χ0) is 18.2. The molecule has 0 spiro atoms. The Hall–Kier alpha value is -1.39. The lowest BCUT2D eigenvalue weighted by Crippen LogP contribution is -2.43. The summed E-state index contributed by atoms with van der Waals surface area (Å²) in [5.74, 6) is 0.227. The third kappa shape index (κ3) is 5.55. The van der Waals surface area contributed by atoms with Crippen LogP contribution < -0.4 is 5.32 Å². The number of hydrogen-bond acceptors (Lipinski definition) is 3. The van der Waals surface area contributed by atoms with E-state index in [1.54, 1.807) is 0 Å². The molecule has 144 valence electrons. The predicted octanol–water partition coefficient (Wildman–Crippen LogP) is 3.42. The van der Waals surface area contributed by atoms with Gasteiger partial charge in [-0.15, -0.1) is 0 Å². The van der Waals surface area contributed by atoms with E-state index < -0.39 is 0 Å². The summed E-state index contributed by atoms with van der Waals surface area (Å²) in [7, 11) is 0. The lowest BCUT2D eigenvalue weighted by molar-refractivity contribution is -0.125. The number of piperidine rings is 1. The first-order valence-corrected chi connectivity index (χ1v) is 10.5. The Morgan fingerprint density at radius 3 is 2.65 bits per heavy atom. The number of nitrogens with one attached hydrogen (secondary N) is 1. The highest BCUT2D eigenvalue weighted by Gasteiger charge is 2.30. The Balaban J connectivity index is 1.34. The SMILES string of the molecule is CC1CCCCN1CCCCNC(=O)C1CCCN1Cc1ccccc1. The molecule has 2 atom stereocenters. The maximum atomic E-state index is 12.6. The largest absolute Gasteiger partial charge is 0.355 e. The van der Waals surface area contributed by atoms with Crippen molar-refractivity contribution in [1.29, 1.82) is 0 Å². The molecule has 2 saturated heterocycles. The molecule has 1 aromatic rings. The van der Waals surface area contributed by atoms with E-state index in [2.05, 4.69) is 46.3 Å². The lowest BCUT2D eigenvalue weighted by Gasteiger charge is -2.33. The molecule has 3 rings (SSSR count). The number of carbonyl (C=O) groups excluding carboxylic acids is 1. The van der Waals surface area contributed by atoms with Crippen molar-refractivity contribution in [1.82, 2.24) is 15.1 Å². The number of amides is 1. The number of carbonyl (C=O) groups is 1. The summed E-state index contributed by atoms with van der Waals surface area (Å²) < 4.78 is 0. The number of nitrogens with zero attached hydrogens (tertiary/aromatic N) is 2. The summed E-state index contributed by atoms with van der Waals surface area (Å²) in [5.41, 5.74) is 1.29. The smallest absolute Gasteiger partial charge is 0.237 e.